The lowest BCUT2D eigenvalue weighted by Crippen LogP contribution is -2.45. The lowest BCUT2D eigenvalue weighted by Gasteiger charge is -2.26. The van der Waals surface area contributed by atoms with E-state index < -0.39 is 0 Å². The van der Waals surface area contributed by atoms with E-state index in [4.69, 9.17) is 4.74 Å². The molecule has 2 N–H and O–H groups in total. The number of carbonyl (C=O) groups is 1. The van der Waals surface area contributed by atoms with Gasteiger partial charge in [0, 0.05) is 35.0 Å². The third-order valence-corrected chi connectivity index (χ3v) is 5.50. The molecule has 1 aliphatic rings. The summed E-state index contributed by atoms with van der Waals surface area (Å²) in [4.78, 5) is 16.6. The Hall–Kier alpha value is -2.05. The number of aryl methyl sites for hydroxylation is 1. The van der Waals surface area contributed by atoms with Crippen LogP contribution >= 0.6 is 11.3 Å². The van der Waals surface area contributed by atoms with E-state index >= 15 is 0 Å². The molecular formula is C19H24N2O3S. The molecule has 1 aliphatic heterocycles. The topological polar surface area (TPSA) is 61.8 Å². The van der Waals surface area contributed by atoms with Gasteiger partial charge in [-0.1, -0.05) is 0 Å². The molecule has 2 aromatic rings. The van der Waals surface area contributed by atoms with Gasteiger partial charge in [0.15, 0.2) is 11.5 Å². The Balaban J connectivity index is 1.91. The highest BCUT2D eigenvalue weighted by molar-refractivity contribution is 7.15. The zero-order chi connectivity index (χ0) is 18.0. The summed E-state index contributed by atoms with van der Waals surface area (Å²) in [5.41, 5.74) is 1.89. The number of fused-ring (bicyclic) bond motifs is 1. The number of phenols is 1. The Labute approximate surface area is 152 Å². The molecule has 134 valence electrons. The van der Waals surface area contributed by atoms with Crippen LogP contribution in [0.4, 0.5) is 0 Å². The van der Waals surface area contributed by atoms with Crippen LogP contribution in [0.25, 0.3) is 10.4 Å². The summed E-state index contributed by atoms with van der Waals surface area (Å²) in [6.07, 6.45) is 0. The van der Waals surface area contributed by atoms with Gasteiger partial charge in [-0.25, -0.2) is 0 Å². The molecule has 0 bridgehead atoms. The third-order valence-electron chi connectivity index (χ3n) is 4.45. The number of hydrogen-bond donors (Lipinski definition) is 2. The minimum absolute atomic E-state index is 0.0141. The number of thiophene rings is 1. The number of nitrogens with one attached hydrogen (secondary N) is 1. The van der Waals surface area contributed by atoms with Crippen LogP contribution in [0.5, 0.6) is 11.5 Å². The number of benzene rings is 1. The molecule has 1 aromatic carbocycles. The summed E-state index contributed by atoms with van der Waals surface area (Å²) >= 11 is 1.69. The number of amides is 1. The van der Waals surface area contributed by atoms with E-state index in [1.165, 1.54) is 4.88 Å². The molecule has 0 spiro atoms. The van der Waals surface area contributed by atoms with Crippen molar-refractivity contribution in [3.8, 4) is 21.9 Å². The molecule has 0 radical (unpaired) electrons. The summed E-state index contributed by atoms with van der Waals surface area (Å²) < 4.78 is 5.78. The standard InChI is InChI=1S/C19H24N2O3S/c1-4-20-19(23)13(3)21-7-8-24-18-15(11-21)9-14(10-16(18)22)17-6-5-12(2)25-17/h5-6,9-10,13,22H,4,7-8,11H2,1-3H3,(H,20,23)/t13-/m1/s1. The van der Waals surface area contributed by atoms with E-state index in [9.17, 15) is 9.90 Å². The van der Waals surface area contributed by atoms with Gasteiger partial charge in [-0.15, -0.1) is 11.3 Å². The number of nitrogens with zero attached hydrogens (tertiary/aromatic N) is 1. The highest BCUT2D eigenvalue weighted by Gasteiger charge is 2.26. The van der Waals surface area contributed by atoms with Crippen molar-refractivity contribution in [2.45, 2.75) is 33.4 Å². The van der Waals surface area contributed by atoms with Crippen molar-refractivity contribution in [3.63, 3.8) is 0 Å². The molecular weight excluding hydrogens is 336 g/mol. The van der Waals surface area contributed by atoms with Crippen LogP contribution in [0, 0.1) is 6.92 Å². The minimum atomic E-state index is -0.246. The average molecular weight is 360 g/mol. The molecule has 6 heteroatoms. The molecule has 0 unspecified atom stereocenters. The summed E-state index contributed by atoms with van der Waals surface area (Å²) in [7, 11) is 0. The second-order valence-corrected chi connectivity index (χ2v) is 7.57. The third kappa shape index (κ3) is 3.80. The molecule has 5 nitrogen and oxygen atoms in total. The fourth-order valence-electron chi connectivity index (χ4n) is 3.07. The van der Waals surface area contributed by atoms with Crippen molar-refractivity contribution in [2.24, 2.45) is 0 Å². The largest absolute Gasteiger partial charge is 0.504 e. The van der Waals surface area contributed by atoms with Gasteiger partial charge in [0.1, 0.15) is 6.61 Å². The van der Waals surface area contributed by atoms with E-state index in [0.29, 0.717) is 32.0 Å². The van der Waals surface area contributed by atoms with E-state index in [-0.39, 0.29) is 17.7 Å². The zero-order valence-electron chi connectivity index (χ0n) is 14.8. The number of phenolic OH excluding ortho intramolecular Hbond substituents is 1. The van der Waals surface area contributed by atoms with E-state index in [1.807, 2.05) is 13.8 Å². The van der Waals surface area contributed by atoms with Crippen LogP contribution in [0.1, 0.15) is 24.3 Å². The van der Waals surface area contributed by atoms with Gasteiger partial charge < -0.3 is 15.2 Å². The molecule has 0 fully saturated rings. The lowest BCUT2D eigenvalue weighted by molar-refractivity contribution is -0.126. The molecule has 1 aromatic heterocycles. The quantitative estimate of drug-likeness (QED) is 0.879. The van der Waals surface area contributed by atoms with Gasteiger partial charge in [0.25, 0.3) is 0 Å². The maximum absolute atomic E-state index is 12.2. The predicted octanol–water partition coefficient (Wildman–Crippen LogP) is 3.15. The zero-order valence-corrected chi connectivity index (χ0v) is 15.7. The molecule has 0 saturated carbocycles. The highest BCUT2D eigenvalue weighted by atomic mass is 32.1. The Morgan fingerprint density at radius 3 is 2.92 bits per heavy atom. The second-order valence-electron chi connectivity index (χ2n) is 6.28. The number of rotatable bonds is 4. The van der Waals surface area contributed by atoms with E-state index in [1.54, 1.807) is 17.4 Å². The fraction of sp³-hybridized carbons (Fsp3) is 0.421. The van der Waals surface area contributed by atoms with E-state index in [2.05, 4.69) is 35.3 Å². The number of aromatic hydroxyl groups is 1. The van der Waals surface area contributed by atoms with Gasteiger partial charge in [-0.2, -0.15) is 0 Å². The molecule has 1 amide bonds. The van der Waals surface area contributed by atoms with Crippen LogP contribution in [0.15, 0.2) is 24.3 Å². The van der Waals surface area contributed by atoms with Crippen LogP contribution in [0.2, 0.25) is 0 Å². The smallest absolute Gasteiger partial charge is 0.237 e. The van der Waals surface area contributed by atoms with Crippen LogP contribution in [0.3, 0.4) is 0 Å². The maximum Gasteiger partial charge on any atom is 0.237 e. The number of hydrogen-bond acceptors (Lipinski definition) is 5. The molecule has 25 heavy (non-hydrogen) atoms. The Bertz CT molecular complexity index is 772. The average Bonchev–Trinajstić information content (AvgIpc) is 2.89. The van der Waals surface area contributed by atoms with E-state index in [0.717, 1.165) is 16.0 Å². The lowest BCUT2D eigenvalue weighted by atomic mass is 10.1. The van der Waals surface area contributed by atoms with Crippen LogP contribution in [-0.2, 0) is 11.3 Å². The molecule has 1 atom stereocenters. The summed E-state index contributed by atoms with van der Waals surface area (Å²) in [6, 6.07) is 7.70. The first-order valence-electron chi connectivity index (χ1n) is 8.57. The predicted molar refractivity (Wildman–Crippen MR) is 100 cm³/mol. The monoisotopic (exact) mass is 360 g/mol. The van der Waals surface area contributed by atoms with Crippen LogP contribution in [-0.4, -0.2) is 41.7 Å². The van der Waals surface area contributed by atoms with Gasteiger partial charge in [0.05, 0.1) is 6.04 Å². The molecule has 0 aliphatic carbocycles. The first kappa shape index (κ1) is 17.8. The number of likely N-dealkylation sites (N-methyl/N-ethyl adjacent to an activating group) is 1. The molecule has 3 rings (SSSR count). The van der Waals surface area contributed by atoms with Crippen molar-refractivity contribution in [1.29, 1.82) is 0 Å². The summed E-state index contributed by atoms with van der Waals surface area (Å²) in [5, 5.41) is 13.3. The molecule has 0 saturated heterocycles. The normalized spacial score (nSPS) is 15.8. The summed E-state index contributed by atoms with van der Waals surface area (Å²) in [5.74, 6) is 0.703. The Morgan fingerprint density at radius 1 is 1.44 bits per heavy atom. The highest BCUT2D eigenvalue weighted by Crippen LogP contribution is 2.39. The number of carbonyl (C=O) groups excluding carboxylic acids is 1. The SMILES string of the molecule is CCNC(=O)[C@@H](C)N1CCOc2c(O)cc(-c3ccc(C)s3)cc2C1. The van der Waals surface area contributed by atoms with Gasteiger partial charge >= 0.3 is 0 Å². The van der Waals surface area contributed by atoms with Gasteiger partial charge in [0.2, 0.25) is 5.91 Å². The van der Waals surface area contributed by atoms with Crippen molar-refractivity contribution in [3.05, 3.63) is 34.7 Å². The van der Waals surface area contributed by atoms with Crippen molar-refractivity contribution in [2.75, 3.05) is 19.7 Å². The number of ether oxygens (including phenoxy) is 1. The van der Waals surface area contributed by atoms with Gasteiger partial charge in [-0.05, 0) is 50.6 Å². The Kier molecular flexibility index (Phi) is 5.30. The maximum atomic E-state index is 12.2. The second kappa shape index (κ2) is 7.45. The van der Waals surface area contributed by atoms with Crippen LogP contribution < -0.4 is 10.1 Å². The van der Waals surface area contributed by atoms with Crippen molar-refractivity contribution >= 4 is 17.2 Å². The Morgan fingerprint density at radius 2 is 2.24 bits per heavy atom. The van der Waals surface area contributed by atoms with Crippen molar-refractivity contribution < 1.29 is 14.6 Å². The fourth-order valence-corrected chi connectivity index (χ4v) is 3.92. The molecule has 2 heterocycles. The summed E-state index contributed by atoms with van der Waals surface area (Å²) in [6.45, 7) is 8.16. The minimum Gasteiger partial charge on any atom is -0.504 e. The van der Waals surface area contributed by atoms with Crippen molar-refractivity contribution in [1.82, 2.24) is 10.2 Å². The first-order chi connectivity index (χ1) is 12.0. The van der Waals surface area contributed by atoms with Gasteiger partial charge in [-0.3, -0.25) is 9.69 Å². The first-order valence-corrected chi connectivity index (χ1v) is 9.38.